The fourth-order valence-corrected chi connectivity index (χ4v) is 1.39. The molecule has 0 fully saturated rings. The lowest BCUT2D eigenvalue weighted by Crippen LogP contribution is -1.93. The molecule has 0 bridgehead atoms. The van der Waals surface area contributed by atoms with Gasteiger partial charge in [-0.15, -0.1) is 0 Å². The van der Waals surface area contributed by atoms with Crippen LogP contribution in [0.4, 0.5) is 8.78 Å². The van der Waals surface area contributed by atoms with E-state index < -0.39 is 11.6 Å². The van der Waals surface area contributed by atoms with Gasteiger partial charge in [0.15, 0.2) is 11.6 Å². The van der Waals surface area contributed by atoms with E-state index in [2.05, 4.69) is 15.2 Å². The Bertz CT molecular complexity index is 532. The van der Waals surface area contributed by atoms with E-state index in [1.54, 1.807) is 0 Å². The Kier molecular flexibility index (Phi) is 2.59. The van der Waals surface area contributed by atoms with Crippen LogP contribution in [0, 0.1) is 16.4 Å². The van der Waals surface area contributed by atoms with Crippen molar-refractivity contribution in [1.29, 1.82) is 0 Å². The molecule has 1 aromatic carbocycles. The van der Waals surface area contributed by atoms with Crippen molar-refractivity contribution in [3.63, 3.8) is 0 Å². The summed E-state index contributed by atoms with van der Waals surface area (Å²) in [5.41, 5.74) is 0.631. The zero-order valence-electron chi connectivity index (χ0n) is 7.55. The second-order valence-electron chi connectivity index (χ2n) is 3.04. The van der Waals surface area contributed by atoms with Gasteiger partial charge < -0.3 is 0 Å². The number of rotatable bonds is 2. The third-order valence-electron chi connectivity index (χ3n) is 1.91. The maximum absolute atomic E-state index is 12.9. The maximum Gasteiger partial charge on any atom is 0.213 e. The molecule has 2 N–H and O–H groups in total. The molecule has 0 saturated carbocycles. The summed E-state index contributed by atoms with van der Waals surface area (Å²) >= 11 is 4.76. The summed E-state index contributed by atoms with van der Waals surface area (Å²) in [6.45, 7) is 0. The first-order valence-electron chi connectivity index (χ1n) is 4.22. The van der Waals surface area contributed by atoms with Crippen LogP contribution >= 0.6 is 12.2 Å². The van der Waals surface area contributed by atoms with Gasteiger partial charge in [0.05, 0.1) is 0 Å². The van der Waals surface area contributed by atoms with Gasteiger partial charge in [-0.2, -0.15) is 0 Å². The predicted octanol–water partition coefficient (Wildman–Crippen LogP) is 2.34. The quantitative estimate of drug-likeness (QED) is 0.773. The molecule has 78 valence electrons. The molecule has 0 aliphatic carbocycles. The highest BCUT2D eigenvalue weighted by Crippen LogP contribution is 2.10. The topological polar surface area (TPSA) is 44.5 Å². The molecule has 0 amide bonds. The van der Waals surface area contributed by atoms with Gasteiger partial charge >= 0.3 is 0 Å². The van der Waals surface area contributed by atoms with Gasteiger partial charge in [0, 0.05) is 6.42 Å². The van der Waals surface area contributed by atoms with E-state index in [9.17, 15) is 8.78 Å². The molecule has 0 spiro atoms. The van der Waals surface area contributed by atoms with Crippen molar-refractivity contribution >= 4 is 12.2 Å². The number of aromatic nitrogens is 3. The largest absolute Gasteiger partial charge is 0.285 e. The van der Waals surface area contributed by atoms with Gasteiger partial charge in [-0.1, -0.05) is 6.07 Å². The van der Waals surface area contributed by atoms with Crippen LogP contribution in [0.15, 0.2) is 18.2 Å². The molecule has 0 radical (unpaired) electrons. The van der Waals surface area contributed by atoms with Gasteiger partial charge in [0.25, 0.3) is 0 Å². The fourth-order valence-electron chi connectivity index (χ4n) is 1.23. The van der Waals surface area contributed by atoms with E-state index >= 15 is 0 Å². The molecule has 0 unspecified atom stereocenters. The normalized spacial score (nSPS) is 10.5. The number of benzene rings is 1. The Balaban J connectivity index is 2.24. The second kappa shape index (κ2) is 3.90. The third kappa shape index (κ3) is 2.27. The van der Waals surface area contributed by atoms with Crippen molar-refractivity contribution in [2.45, 2.75) is 6.42 Å². The van der Waals surface area contributed by atoms with Crippen LogP contribution in [0.2, 0.25) is 0 Å². The molecule has 3 nitrogen and oxygen atoms in total. The van der Waals surface area contributed by atoms with E-state index in [1.165, 1.54) is 6.07 Å². The zero-order chi connectivity index (χ0) is 10.8. The zero-order valence-corrected chi connectivity index (χ0v) is 8.37. The molecule has 0 aliphatic heterocycles. The Morgan fingerprint density at radius 1 is 1.20 bits per heavy atom. The molecular formula is C9H7F2N3S. The summed E-state index contributed by atoms with van der Waals surface area (Å²) in [4.78, 5) is 3.95. The summed E-state index contributed by atoms with van der Waals surface area (Å²) < 4.78 is 25.8. The molecule has 0 aliphatic rings. The Labute approximate surface area is 89.2 Å². The van der Waals surface area contributed by atoms with Crippen molar-refractivity contribution in [1.82, 2.24) is 15.2 Å². The second-order valence-corrected chi connectivity index (χ2v) is 3.43. The standard InChI is InChI=1S/C9H7F2N3S/c10-6-2-1-5(3-7(6)11)4-8-12-9(15)14-13-8/h1-3H,4H2,(H2,12,13,14,15). The molecule has 6 heteroatoms. The number of aromatic amines is 2. The summed E-state index contributed by atoms with van der Waals surface area (Å²) in [7, 11) is 0. The van der Waals surface area contributed by atoms with Crippen molar-refractivity contribution in [2.24, 2.45) is 0 Å². The molecular weight excluding hydrogens is 220 g/mol. The molecule has 15 heavy (non-hydrogen) atoms. The average Bonchev–Trinajstić information content (AvgIpc) is 2.58. The Morgan fingerprint density at radius 3 is 2.60 bits per heavy atom. The number of H-pyrrole nitrogens is 2. The highest BCUT2D eigenvalue weighted by molar-refractivity contribution is 7.71. The lowest BCUT2D eigenvalue weighted by atomic mass is 10.1. The van der Waals surface area contributed by atoms with Gasteiger partial charge in [0.1, 0.15) is 5.82 Å². The minimum absolute atomic E-state index is 0.340. The van der Waals surface area contributed by atoms with E-state index in [4.69, 9.17) is 12.2 Å². The highest BCUT2D eigenvalue weighted by Gasteiger charge is 2.04. The number of halogens is 2. The van der Waals surface area contributed by atoms with E-state index in [0.29, 0.717) is 22.6 Å². The smallest absolute Gasteiger partial charge is 0.213 e. The predicted molar refractivity (Wildman–Crippen MR) is 52.9 cm³/mol. The summed E-state index contributed by atoms with van der Waals surface area (Å²) in [6, 6.07) is 3.73. The van der Waals surface area contributed by atoms with Crippen LogP contribution in [0.3, 0.4) is 0 Å². The van der Waals surface area contributed by atoms with E-state index in [-0.39, 0.29) is 0 Å². The van der Waals surface area contributed by atoms with Crippen LogP contribution in [0.5, 0.6) is 0 Å². The molecule has 0 saturated heterocycles. The summed E-state index contributed by atoms with van der Waals surface area (Å²) in [5.74, 6) is -1.12. The van der Waals surface area contributed by atoms with Crippen LogP contribution in [-0.4, -0.2) is 15.2 Å². The van der Waals surface area contributed by atoms with Crippen molar-refractivity contribution in [3.8, 4) is 0 Å². The number of hydrogen-bond acceptors (Lipinski definition) is 2. The summed E-state index contributed by atoms with van der Waals surface area (Å²) in [6.07, 6.45) is 0.379. The van der Waals surface area contributed by atoms with Gasteiger partial charge in [-0.25, -0.2) is 13.8 Å². The minimum Gasteiger partial charge on any atom is -0.285 e. The lowest BCUT2D eigenvalue weighted by Gasteiger charge is -1.98. The number of nitrogens with one attached hydrogen (secondary N) is 2. The number of hydrogen-bond donors (Lipinski definition) is 2. The molecule has 2 rings (SSSR count). The van der Waals surface area contributed by atoms with Crippen LogP contribution < -0.4 is 0 Å². The molecule has 0 atom stereocenters. The Hall–Kier alpha value is -1.56. The van der Waals surface area contributed by atoms with Crippen molar-refractivity contribution in [2.75, 3.05) is 0 Å². The van der Waals surface area contributed by atoms with E-state index in [0.717, 1.165) is 12.1 Å². The van der Waals surface area contributed by atoms with Crippen LogP contribution in [0.25, 0.3) is 0 Å². The van der Waals surface area contributed by atoms with Crippen LogP contribution in [0.1, 0.15) is 11.4 Å². The minimum atomic E-state index is -0.860. The van der Waals surface area contributed by atoms with Crippen LogP contribution in [-0.2, 0) is 6.42 Å². The molecule has 1 heterocycles. The first-order chi connectivity index (χ1) is 7.15. The average molecular weight is 227 g/mol. The van der Waals surface area contributed by atoms with Crippen molar-refractivity contribution < 1.29 is 8.78 Å². The lowest BCUT2D eigenvalue weighted by molar-refractivity contribution is 0.507. The maximum atomic E-state index is 12.9. The van der Waals surface area contributed by atoms with Gasteiger partial charge in [-0.3, -0.25) is 10.2 Å². The third-order valence-corrected chi connectivity index (χ3v) is 2.10. The summed E-state index contributed by atoms with van der Waals surface area (Å²) in [5, 5.41) is 5.36. The molecule has 2 aromatic rings. The fraction of sp³-hybridized carbons (Fsp3) is 0.111. The highest BCUT2D eigenvalue weighted by atomic mass is 32.1. The van der Waals surface area contributed by atoms with Gasteiger partial charge in [-0.05, 0) is 29.9 Å². The SMILES string of the molecule is Fc1ccc(Cc2nc(=S)[nH][nH]2)cc1F. The van der Waals surface area contributed by atoms with Gasteiger partial charge in [0.2, 0.25) is 4.77 Å². The monoisotopic (exact) mass is 227 g/mol. The number of nitrogens with zero attached hydrogens (tertiary/aromatic N) is 1. The first kappa shape index (κ1) is 9.97. The van der Waals surface area contributed by atoms with E-state index in [1.807, 2.05) is 0 Å². The first-order valence-corrected chi connectivity index (χ1v) is 4.63. The van der Waals surface area contributed by atoms with Crippen molar-refractivity contribution in [3.05, 3.63) is 46.0 Å². The Morgan fingerprint density at radius 2 is 2.00 bits per heavy atom. The molecule has 1 aromatic heterocycles.